The van der Waals surface area contributed by atoms with Crippen molar-refractivity contribution < 1.29 is 0 Å². The molecule has 7 aromatic rings. The maximum absolute atomic E-state index is 2.45. The molecule has 0 fully saturated rings. The molecule has 0 aliphatic carbocycles. The lowest BCUT2D eigenvalue weighted by atomic mass is 9.92. The minimum absolute atomic E-state index is 1.15. The number of para-hydroxylation sites is 2. The van der Waals surface area contributed by atoms with Crippen molar-refractivity contribution in [2.75, 3.05) is 9.80 Å². The molecule has 45 heavy (non-hydrogen) atoms. The Kier molecular flexibility index (Phi) is 10.4. The second-order valence-corrected chi connectivity index (χ2v) is 12.3. The fourth-order valence-electron chi connectivity index (χ4n) is 5.72. The summed E-state index contributed by atoms with van der Waals surface area (Å²) in [4.78, 5) is 4.90. The highest BCUT2D eigenvalue weighted by Crippen LogP contribution is 2.52. The van der Waals surface area contributed by atoms with Gasteiger partial charge in [0.05, 0.1) is 21.4 Å². The fraction of sp³-hybridized carbons (Fsp3) is 0.171. The Labute approximate surface area is 276 Å². The molecule has 0 unspecified atom stereocenters. The third-order valence-corrected chi connectivity index (χ3v) is 9.47. The zero-order valence-corrected chi connectivity index (χ0v) is 29.0. The first-order chi connectivity index (χ1) is 22.1. The first-order valence-corrected chi connectivity index (χ1v) is 17.6. The molecule has 2 aromatic heterocycles. The van der Waals surface area contributed by atoms with Gasteiger partial charge in [-0.25, -0.2) is 0 Å². The molecule has 228 valence electrons. The van der Waals surface area contributed by atoms with Crippen LogP contribution in [0.5, 0.6) is 0 Å². The zero-order chi connectivity index (χ0) is 31.9. The number of nitrogens with zero attached hydrogens (tertiary/aromatic N) is 2. The summed E-state index contributed by atoms with van der Waals surface area (Å²) in [5.41, 5.74) is 8.57. The molecule has 0 saturated carbocycles. The van der Waals surface area contributed by atoms with Crippen LogP contribution in [0.4, 0.5) is 32.8 Å². The number of hydrogen-bond donors (Lipinski definition) is 0. The third-order valence-electron chi connectivity index (χ3n) is 7.76. The third kappa shape index (κ3) is 6.26. The summed E-state index contributed by atoms with van der Waals surface area (Å²) < 4.78 is 0. The molecule has 2 nitrogen and oxygen atoms in total. The minimum atomic E-state index is 1.15. The first kappa shape index (κ1) is 32.0. The van der Waals surface area contributed by atoms with E-state index < -0.39 is 0 Å². The van der Waals surface area contributed by atoms with Crippen LogP contribution in [-0.4, -0.2) is 0 Å². The summed E-state index contributed by atoms with van der Waals surface area (Å²) in [6, 6.07) is 42.0. The van der Waals surface area contributed by atoms with Gasteiger partial charge in [0.2, 0.25) is 0 Å². The van der Waals surface area contributed by atoms with E-state index in [0.29, 0.717) is 0 Å². The van der Waals surface area contributed by atoms with Gasteiger partial charge in [0.15, 0.2) is 0 Å². The second-order valence-electron chi connectivity index (χ2n) is 10.5. The number of hydrogen-bond acceptors (Lipinski definition) is 4. The van der Waals surface area contributed by atoms with Gasteiger partial charge in [-0.2, -0.15) is 0 Å². The summed E-state index contributed by atoms with van der Waals surface area (Å²) in [5, 5.41) is 11.7. The number of benzene rings is 5. The van der Waals surface area contributed by atoms with Crippen LogP contribution < -0.4 is 9.80 Å². The van der Waals surface area contributed by atoms with Crippen molar-refractivity contribution in [2.24, 2.45) is 0 Å². The summed E-state index contributed by atoms with van der Waals surface area (Å²) >= 11 is 3.54. The van der Waals surface area contributed by atoms with Crippen molar-refractivity contribution in [3.8, 4) is 0 Å². The summed E-state index contributed by atoms with van der Waals surface area (Å²) in [5.74, 6) is 0. The van der Waals surface area contributed by atoms with Crippen LogP contribution in [0.15, 0.2) is 126 Å². The van der Waals surface area contributed by atoms with Crippen LogP contribution in [0.1, 0.15) is 44.4 Å². The van der Waals surface area contributed by atoms with Gasteiger partial charge in [0, 0.05) is 32.9 Å². The van der Waals surface area contributed by atoms with Crippen molar-refractivity contribution >= 4 is 77.0 Å². The van der Waals surface area contributed by atoms with Crippen LogP contribution in [0.2, 0.25) is 0 Å². The van der Waals surface area contributed by atoms with Crippen molar-refractivity contribution in [2.45, 2.75) is 48.5 Å². The molecule has 0 aliphatic rings. The molecule has 0 radical (unpaired) electrons. The van der Waals surface area contributed by atoms with Gasteiger partial charge < -0.3 is 9.80 Å². The average Bonchev–Trinajstić information content (AvgIpc) is 3.82. The summed E-state index contributed by atoms with van der Waals surface area (Å²) in [6.07, 6.45) is 0. The monoisotopic (exact) mass is 626 g/mol. The SMILES string of the molecule is CC.CC.Cc1ccc2c(N(c3ccccc3)c3cccs3)c3cc(C)c(C)cc3c(N(c3ccccc3)c3cccs3)c2c1. The van der Waals surface area contributed by atoms with Gasteiger partial charge in [-0.1, -0.05) is 81.8 Å². The molecular formula is C41H42N2S2. The molecule has 0 atom stereocenters. The zero-order valence-electron chi connectivity index (χ0n) is 27.3. The van der Waals surface area contributed by atoms with Gasteiger partial charge in [-0.15, -0.1) is 22.7 Å². The van der Waals surface area contributed by atoms with E-state index in [1.165, 1.54) is 59.6 Å². The Morgan fingerprint density at radius 2 is 0.844 bits per heavy atom. The quantitative estimate of drug-likeness (QED) is 0.134. The maximum atomic E-state index is 2.45. The van der Waals surface area contributed by atoms with Crippen molar-refractivity contribution in [3.63, 3.8) is 0 Å². The molecule has 5 aromatic carbocycles. The van der Waals surface area contributed by atoms with E-state index in [1.807, 2.05) is 27.7 Å². The molecule has 0 saturated heterocycles. The lowest BCUT2D eigenvalue weighted by Gasteiger charge is -2.32. The van der Waals surface area contributed by atoms with Crippen LogP contribution in [0.25, 0.3) is 21.5 Å². The van der Waals surface area contributed by atoms with Crippen molar-refractivity contribution in [1.82, 2.24) is 0 Å². The molecule has 0 spiro atoms. The normalized spacial score (nSPS) is 10.6. The highest BCUT2D eigenvalue weighted by molar-refractivity contribution is 7.14. The Morgan fingerprint density at radius 3 is 1.27 bits per heavy atom. The minimum Gasteiger partial charge on any atom is -0.301 e. The van der Waals surface area contributed by atoms with Crippen LogP contribution in [-0.2, 0) is 0 Å². The molecule has 2 heterocycles. The number of anilines is 6. The standard InChI is InChI=1S/C37H30N2S2.2C2H6/c1-25-18-19-30-31(22-25)37(39(35-17-11-21-41-35)29-14-8-5-9-15-29)33-24-27(3)26(2)23-32(33)36(30)38(34-16-10-20-40-34)28-12-6-4-7-13-28;2*1-2/h4-24H,1-3H3;2*1-2H3. The van der Waals surface area contributed by atoms with Crippen molar-refractivity contribution in [1.29, 1.82) is 0 Å². The van der Waals surface area contributed by atoms with E-state index in [0.717, 1.165) is 11.4 Å². The van der Waals surface area contributed by atoms with Gasteiger partial charge in [0.25, 0.3) is 0 Å². The Bertz CT molecular complexity index is 1960. The number of aryl methyl sites for hydroxylation is 3. The number of thiophene rings is 2. The Balaban J connectivity index is 0.000000963. The van der Waals surface area contributed by atoms with E-state index in [1.54, 1.807) is 22.7 Å². The molecular weight excluding hydrogens is 585 g/mol. The van der Waals surface area contributed by atoms with E-state index in [9.17, 15) is 0 Å². The summed E-state index contributed by atoms with van der Waals surface area (Å²) in [7, 11) is 0. The van der Waals surface area contributed by atoms with Gasteiger partial charge >= 0.3 is 0 Å². The lowest BCUT2D eigenvalue weighted by molar-refractivity contribution is 1.31. The predicted molar refractivity (Wildman–Crippen MR) is 203 cm³/mol. The molecule has 0 bridgehead atoms. The predicted octanol–water partition coefficient (Wildman–Crippen LogP) is 14.0. The summed E-state index contributed by atoms with van der Waals surface area (Å²) in [6.45, 7) is 14.6. The van der Waals surface area contributed by atoms with E-state index >= 15 is 0 Å². The molecule has 0 amide bonds. The van der Waals surface area contributed by atoms with E-state index in [4.69, 9.17) is 0 Å². The second kappa shape index (κ2) is 14.6. The first-order valence-electron chi connectivity index (χ1n) is 15.8. The highest BCUT2D eigenvalue weighted by Gasteiger charge is 2.26. The Hall–Kier alpha value is -4.38. The lowest BCUT2D eigenvalue weighted by Crippen LogP contribution is -2.13. The highest BCUT2D eigenvalue weighted by atomic mass is 32.1. The fourth-order valence-corrected chi connectivity index (χ4v) is 7.23. The van der Waals surface area contributed by atoms with Crippen LogP contribution in [0, 0.1) is 20.8 Å². The van der Waals surface area contributed by atoms with E-state index in [-0.39, 0.29) is 0 Å². The topological polar surface area (TPSA) is 6.48 Å². The smallest absolute Gasteiger partial charge is 0.0999 e. The van der Waals surface area contributed by atoms with Crippen molar-refractivity contribution in [3.05, 3.63) is 143 Å². The largest absolute Gasteiger partial charge is 0.301 e. The van der Waals surface area contributed by atoms with Gasteiger partial charge in [-0.3, -0.25) is 0 Å². The number of fused-ring (bicyclic) bond motifs is 2. The van der Waals surface area contributed by atoms with Crippen LogP contribution in [0.3, 0.4) is 0 Å². The molecule has 0 N–H and O–H groups in total. The molecule has 4 heteroatoms. The average molecular weight is 627 g/mol. The van der Waals surface area contributed by atoms with Gasteiger partial charge in [-0.05, 0) is 109 Å². The Morgan fingerprint density at radius 1 is 0.422 bits per heavy atom. The molecule has 0 aliphatic heterocycles. The van der Waals surface area contributed by atoms with E-state index in [2.05, 4.69) is 157 Å². The number of rotatable bonds is 6. The maximum Gasteiger partial charge on any atom is 0.0999 e. The molecule has 7 rings (SSSR count). The van der Waals surface area contributed by atoms with Gasteiger partial charge in [0.1, 0.15) is 0 Å². The van der Waals surface area contributed by atoms with Crippen LogP contribution >= 0.6 is 22.7 Å².